The predicted octanol–water partition coefficient (Wildman–Crippen LogP) is 2.86. The van der Waals surface area contributed by atoms with Gasteiger partial charge in [-0.1, -0.05) is 20.3 Å². The quantitative estimate of drug-likeness (QED) is 0.564. The molecule has 1 heterocycles. The standard InChI is InChI=1S/C12H19N3O2/c1-4-10(3)9-14(5-2)12-11(15(16)17)7-6-8-13-12/h6-8,10H,4-5,9H2,1-3H3. The number of nitrogens with zero attached hydrogens (tertiary/aromatic N) is 3. The highest BCUT2D eigenvalue weighted by atomic mass is 16.6. The zero-order valence-corrected chi connectivity index (χ0v) is 10.6. The van der Waals surface area contributed by atoms with Crippen molar-refractivity contribution >= 4 is 11.5 Å². The summed E-state index contributed by atoms with van der Waals surface area (Å²) in [6.07, 6.45) is 2.65. The van der Waals surface area contributed by atoms with Gasteiger partial charge in [0.1, 0.15) is 0 Å². The van der Waals surface area contributed by atoms with Crippen LogP contribution in [0.25, 0.3) is 0 Å². The Morgan fingerprint density at radius 2 is 2.24 bits per heavy atom. The zero-order valence-electron chi connectivity index (χ0n) is 10.6. The second-order valence-electron chi connectivity index (χ2n) is 4.16. The molecule has 1 rings (SSSR count). The lowest BCUT2D eigenvalue weighted by Gasteiger charge is -2.24. The fourth-order valence-electron chi connectivity index (χ4n) is 1.65. The van der Waals surface area contributed by atoms with Gasteiger partial charge in [-0.3, -0.25) is 10.1 Å². The Balaban J connectivity index is 2.99. The monoisotopic (exact) mass is 237 g/mol. The molecule has 0 bridgehead atoms. The minimum Gasteiger partial charge on any atom is -0.351 e. The van der Waals surface area contributed by atoms with Crippen molar-refractivity contribution in [3.63, 3.8) is 0 Å². The van der Waals surface area contributed by atoms with Crippen LogP contribution in [-0.2, 0) is 0 Å². The minimum atomic E-state index is -0.373. The van der Waals surface area contributed by atoms with E-state index in [0.717, 1.165) is 19.5 Å². The van der Waals surface area contributed by atoms with Crippen molar-refractivity contribution in [1.29, 1.82) is 0 Å². The summed E-state index contributed by atoms with van der Waals surface area (Å²) in [7, 11) is 0. The summed E-state index contributed by atoms with van der Waals surface area (Å²) in [6.45, 7) is 7.76. The minimum absolute atomic E-state index is 0.0812. The summed E-state index contributed by atoms with van der Waals surface area (Å²) in [6, 6.07) is 3.10. The van der Waals surface area contributed by atoms with Crippen LogP contribution >= 0.6 is 0 Å². The molecule has 1 aromatic heterocycles. The molecule has 0 aliphatic rings. The highest BCUT2D eigenvalue weighted by molar-refractivity contribution is 5.57. The summed E-state index contributed by atoms with van der Waals surface area (Å²) >= 11 is 0. The van der Waals surface area contributed by atoms with E-state index in [9.17, 15) is 10.1 Å². The first-order valence-corrected chi connectivity index (χ1v) is 5.94. The largest absolute Gasteiger partial charge is 0.351 e. The fraction of sp³-hybridized carbons (Fsp3) is 0.583. The molecule has 0 saturated carbocycles. The average Bonchev–Trinajstić information content (AvgIpc) is 2.35. The maximum absolute atomic E-state index is 10.9. The SMILES string of the molecule is CCC(C)CN(CC)c1ncccc1[N+](=O)[O-]. The Hall–Kier alpha value is -1.65. The molecule has 5 heteroatoms. The van der Waals surface area contributed by atoms with Gasteiger partial charge in [0.25, 0.3) is 0 Å². The second kappa shape index (κ2) is 6.18. The maximum atomic E-state index is 10.9. The first-order valence-electron chi connectivity index (χ1n) is 5.94. The fourth-order valence-corrected chi connectivity index (χ4v) is 1.65. The van der Waals surface area contributed by atoms with Gasteiger partial charge in [-0.2, -0.15) is 0 Å². The van der Waals surface area contributed by atoms with E-state index >= 15 is 0 Å². The smallest absolute Gasteiger partial charge is 0.311 e. The van der Waals surface area contributed by atoms with Gasteiger partial charge in [-0.05, 0) is 18.9 Å². The highest BCUT2D eigenvalue weighted by Crippen LogP contribution is 2.25. The second-order valence-corrected chi connectivity index (χ2v) is 4.16. The van der Waals surface area contributed by atoms with Gasteiger partial charge in [-0.15, -0.1) is 0 Å². The topological polar surface area (TPSA) is 59.3 Å². The molecule has 17 heavy (non-hydrogen) atoms. The lowest BCUT2D eigenvalue weighted by Crippen LogP contribution is -2.29. The molecular formula is C12H19N3O2. The van der Waals surface area contributed by atoms with E-state index in [-0.39, 0.29) is 10.6 Å². The lowest BCUT2D eigenvalue weighted by atomic mass is 10.1. The van der Waals surface area contributed by atoms with Crippen LogP contribution in [-0.4, -0.2) is 23.0 Å². The molecule has 0 aliphatic carbocycles. The van der Waals surface area contributed by atoms with E-state index in [1.54, 1.807) is 12.3 Å². The third-order valence-corrected chi connectivity index (χ3v) is 2.87. The Bertz CT molecular complexity index is 382. The molecule has 5 nitrogen and oxygen atoms in total. The van der Waals surface area contributed by atoms with Crippen molar-refractivity contribution < 1.29 is 4.92 Å². The predicted molar refractivity (Wildman–Crippen MR) is 68.2 cm³/mol. The molecule has 0 N–H and O–H groups in total. The Morgan fingerprint density at radius 3 is 2.76 bits per heavy atom. The summed E-state index contributed by atoms with van der Waals surface area (Å²) in [5.41, 5.74) is 0.0812. The van der Waals surface area contributed by atoms with Crippen LogP contribution in [0.2, 0.25) is 0 Å². The van der Waals surface area contributed by atoms with Crippen molar-refractivity contribution in [2.75, 3.05) is 18.0 Å². The van der Waals surface area contributed by atoms with Crippen LogP contribution in [0.5, 0.6) is 0 Å². The number of hydrogen-bond donors (Lipinski definition) is 0. The molecule has 1 aromatic rings. The molecule has 0 aliphatic heterocycles. The number of pyridine rings is 1. The zero-order chi connectivity index (χ0) is 12.8. The van der Waals surface area contributed by atoms with Crippen LogP contribution < -0.4 is 4.90 Å². The number of rotatable bonds is 6. The summed E-state index contributed by atoms with van der Waals surface area (Å²) < 4.78 is 0. The molecule has 0 amide bonds. The molecule has 1 atom stereocenters. The van der Waals surface area contributed by atoms with Crippen molar-refractivity contribution in [1.82, 2.24) is 4.98 Å². The summed E-state index contributed by atoms with van der Waals surface area (Å²) in [5, 5.41) is 10.9. The summed E-state index contributed by atoms with van der Waals surface area (Å²) in [4.78, 5) is 16.7. The van der Waals surface area contributed by atoms with Crippen LogP contribution in [0.4, 0.5) is 11.5 Å². The maximum Gasteiger partial charge on any atom is 0.311 e. The van der Waals surface area contributed by atoms with Gasteiger partial charge in [-0.25, -0.2) is 4.98 Å². The molecule has 0 aromatic carbocycles. The van der Waals surface area contributed by atoms with Gasteiger partial charge in [0.2, 0.25) is 5.82 Å². The lowest BCUT2D eigenvalue weighted by molar-refractivity contribution is -0.384. The molecule has 0 fully saturated rings. The van der Waals surface area contributed by atoms with Gasteiger partial charge >= 0.3 is 5.69 Å². The molecular weight excluding hydrogens is 218 g/mol. The summed E-state index contributed by atoms with van der Waals surface area (Å²) in [5.74, 6) is 0.969. The van der Waals surface area contributed by atoms with Crippen molar-refractivity contribution in [3.05, 3.63) is 28.4 Å². The van der Waals surface area contributed by atoms with E-state index in [1.165, 1.54) is 6.07 Å². The molecule has 94 valence electrons. The van der Waals surface area contributed by atoms with Gasteiger partial charge < -0.3 is 4.90 Å². The van der Waals surface area contributed by atoms with Crippen LogP contribution in [0.1, 0.15) is 27.2 Å². The van der Waals surface area contributed by atoms with Crippen molar-refractivity contribution in [2.45, 2.75) is 27.2 Å². The number of hydrogen-bond acceptors (Lipinski definition) is 4. The average molecular weight is 237 g/mol. The molecule has 0 spiro atoms. The van der Waals surface area contributed by atoms with Crippen molar-refractivity contribution in [2.24, 2.45) is 5.92 Å². The van der Waals surface area contributed by atoms with Gasteiger partial charge in [0.15, 0.2) is 0 Å². The van der Waals surface area contributed by atoms with E-state index in [4.69, 9.17) is 0 Å². The Labute approximate surface area is 102 Å². The first-order chi connectivity index (χ1) is 8.10. The van der Waals surface area contributed by atoms with Crippen LogP contribution in [0.15, 0.2) is 18.3 Å². The molecule has 0 radical (unpaired) electrons. The Morgan fingerprint density at radius 1 is 1.53 bits per heavy atom. The molecule has 0 saturated heterocycles. The Kier molecular flexibility index (Phi) is 4.87. The first kappa shape index (κ1) is 13.4. The van der Waals surface area contributed by atoms with E-state index in [0.29, 0.717) is 11.7 Å². The van der Waals surface area contributed by atoms with E-state index in [2.05, 4.69) is 18.8 Å². The van der Waals surface area contributed by atoms with Crippen LogP contribution in [0.3, 0.4) is 0 Å². The van der Waals surface area contributed by atoms with Gasteiger partial charge in [0.05, 0.1) is 4.92 Å². The normalized spacial score (nSPS) is 12.2. The number of nitro groups is 1. The third-order valence-electron chi connectivity index (χ3n) is 2.87. The van der Waals surface area contributed by atoms with Crippen molar-refractivity contribution in [3.8, 4) is 0 Å². The number of anilines is 1. The van der Waals surface area contributed by atoms with Gasteiger partial charge in [0, 0.05) is 25.4 Å². The van der Waals surface area contributed by atoms with E-state index in [1.807, 2.05) is 11.8 Å². The highest BCUT2D eigenvalue weighted by Gasteiger charge is 2.20. The third kappa shape index (κ3) is 3.41. The molecule has 1 unspecified atom stereocenters. The van der Waals surface area contributed by atoms with Crippen LogP contribution in [0, 0.1) is 16.0 Å². The number of aromatic nitrogens is 1. The van der Waals surface area contributed by atoms with E-state index < -0.39 is 0 Å².